The molecule has 0 amide bonds. The number of nitrogens with one attached hydrogen (secondary N) is 2. The molecule has 0 radical (unpaired) electrons. The summed E-state index contributed by atoms with van der Waals surface area (Å²) in [6, 6.07) is 9.48. The highest BCUT2D eigenvalue weighted by Gasteiger charge is 2.18. The number of nitrogens with zero attached hydrogens (tertiary/aromatic N) is 3. The topological polar surface area (TPSA) is 52.6 Å². The summed E-state index contributed by atoms with van der Waals surface area (Å²) in [5.74, 6) is 0.814. The lowest BCUT2D eigenvalue weighted by Crippen LogP contribution is -2.37. The Hall–Kier alpha value is -1.92. The summed E-state index contributed by atoms with van der Waals surface area (Å²) in [4.78, 5) is 12.7. The van der Waals surface area contributed by atoms with Crippen molar-refractivity contribution in [3.63, 3.8) is 0 Å². The third kappa shape index (κ3) is 6.54. The van der Waals surface area contributed by atoms with E-state index in [-0.39, 0.29) is 0 Å². The molecule has 1 heterocycles. The highest BCUT2D eigenvalue weighted by Crippen LogP contribution is 2.23. The molecule has 158 valence electrons. The molecule has 0 bridgehead atoms. The Morgan fingerprint density at radius 2 is 1.86 bits per heavy atom. The van der Waals surface area contributed by atoms with Gasteiger partial charge in [-0.2, -0.15) is 0 Å². The van der Waals surface area contributed by atoms with Crippen molar-refractivity contribution in [3.05, 3.63) is 51.5 Å². The van der Waals surface area contributed by atoms with E-state index in [0.717, 1.165) is 36.5 Å². The zero-order valence-electron chi connectivity index (χ0n) is 18.1. The maximum absolute atomic E-state index is 4.47. The largest absolute Gasteiger partial charge is 0.352 e. The van der Waals surface area contributed by atoms with Gasteiger partial charge in [0, 0.05) is 37.3 Å². The first-order valence-electron chi connectivity index (χ1n) is 10.8. The van der Waals surface area contributed by atoms with Gasteiger partial charge in [-0.3, -0.25) is 9.89 Å². The number of guanidine groups is 1. The molecule has 1 aliphatic carbocycles. The first-order valence-corrected chi connectivity index (χ1v) is 11.7. The Kier molecular flexibility index (Phi) is 8.50. The number of aromatic nitrogens is 1. The molecule has 0 spiro atoms. The molecule has 1 fully saturated rings. The predicted octanol–water partition coefficient (Wildman–Crippen LogP) is 4.34. The molecule has 0 atom stereocenters. The van der Waals surface area contributed by atoms with Crippen molar-refractivity contribution in [2.45, 2.75) is 71.1 Å². The molecule has 1 aromatic heterocycles. The van der Waals surface area contributed by atoms with Crippen molar-refractivity contribution in [2.75, 3.05) is 14.1 Å². The van der Waals surface area contributed by atoms with Crippen LogP contribution in [-0.4, -0.2) is 36.0 Å². The maximum atomic E-state index is 4.47. The molecule has 1 aliphatic rings. The summed E-state index contributed by atoms with van der Waals surface area (Å²) >= 11 is 1.76. The van der Waals surface area contributed by atoms with Gasteiger partial charge in [-0.05, 0) is 37.4 Å². The number of aliphatic imine (C=N–C) groups is 1. The first-order chi connectivity index (χ1) is 14.2. The van der Waals surface area contributed by atoms with Gasteiger partial charge >= 0.3 is 0 Å². The van der Waals surface area contributed by atoms with Crippen LogP contribution in [0.2, 0.25) is 0 Å². The standard InChI is InChI=1S/C23H35N5S/c1-4-21-15-25-22(29-21)16-27-23(24-2)26-14-18-10-8-9-11-19(18)17-28(3)20-12-6-5-7-13-20/h8-11,15,20H,4-7,12-14,16-17H2,1-3H3,(H2,24,26,27). The van der Waals surface area contributed by atoms with E-state index in [1.807, 2.05) is 13.2 Å². The molecule has 1 aromatic carbocycles. The van der Waals surface area contributed by atoms with Crippen molar-refractivity contribution >= 4 is 17.3 Å². The molecule has 6 heteroatoms. The molecule has 1 saturated carbocycles. The molecule has 0 saturated heterocycles. The summed E-state index contributed by atoms with van der Waals surface area (Å²) in [7, 11) is 4.09. The number of hydrogen-bond donors (Lipinski definition) is 2. The van der Waals surface area contributed by atoms with Gasteiger partial charge in [0.05, 0.1) is 6.54 Å². The van der Waals surface area contributed by atoms with Gasteiger partial charge in [0.2, 0.25) is 0 Å². The zero-order valence-corrected chi connectivity index (χ0v) is 18.9. The second kappa shape index (κ2) is 11.3. The number of aryl methyl sites for hydroxylation is 1. The number of thiazole rings is 1. The normalized spacial score (nSPS) is 15.7. The van der Waals surface area contributed by atoms with E-state index >= 15 is 0 Å². The fourth-order valence-electron chi connectivity index (χ4n) is 3.96. The molecule has 2 N–H and O–H groups in total. The average molecular weight is 414 g/mol. The number of benzene rings is 1. The quantitative estimate of drug-likeness (QED) is 0.499. The van der Waals surface area contributed by atoms with E-state index in [1.54, 1.807) is 11.3 Å². The molecule has 2 aromatic rings. The second-order valence-electron chi connectivity index (χ2n) is 7.83. The molecule has 3 rings (SSSR count). The van der Waals surface area contributed by atoms with Crippen molar-refractivity contribution in [3.8, 4) is 0 Å². The van der Waals surface area contributed by atoms with Crippen LogP contribution in [0.15, 0.2) is 35.5 Å². The van der Waals surface area contributed by atoms with Gasteiger partial charge in [0.25, 0.3) is 0 Å². The average Bonchev–Trinajstić information content (AvgIpc) is 3.23. The molecular formula is C23H35N5S. The Balaban J connectivity index is 1.53. The molecule has 5 nitrogen and oxygen atoms in total. The summed E-state index contributed by atoms with van der Waals surface area (Å²) in [5.41, 5.74) is 2.73. The third-order valence-corrected chi connectivity index (χ3v) is 6.90. The first kappa shape index (κ1) is 21.8. The van der Waals surface area contributed by atoms with Crippen LogP contribution in [0, 0.1) is 0 Å². The highest BCUT2D eigenvalue weighted by molar-refractivity contribution is 7.11. The smallest absolute Gasteiger partial charge is 0.191 e. The summed E-state index contributed by atoms with van der Waals surface area (Å²) in [5, 5.41) is 7.95. The van der Waals surface area contributed by atoms with E-state index in [4.69, 9.17) is 0 Å². The predicted molar refractivity (Wildman–Crippen MR) is 123 cm³/mol. The van der Waals surface area contributed by atoms with Crippen LogP contribution in [0.1, 0.15) is 60.0 Å². The van der Waals surface area contributed by atoms with Crippen LogP contribution in [0.5, 0.6) is 0 Å². The van der Waals surface area contributed by atoms with Gasteiger partial charge in [0.1, 0.15) is 5.01 Å². The Morgan fingerprint density at radius 3 is 2.55 bits per heavy atom. The second-order valence-corrected chi connectivity index (χ2v) is 9.03. The van der Waals surface area contributed by atoms with Crippen LogP contribution < -0.4 is 10.6 Å². The van der Waals surface area contributed by atoms with Crippen LogP contribution in [-0.2, 0) is 26.1 Å². The van der Waals surface area contributed by atoms with E-state index in [1.165, 1.54) is 48.1 Å². The summed E-state index contributed by atoms with van der Waals surface area (Å²) in [6.07, 6.45) is 9.83. The van der Waals surface area contributed by atoms with Crippen LogP contribution >= 0.6 is 11.3 Å². The summed E-state index contributed by atoms with van der Waals surface area (Å²) < 4.78 is 0. The number of hydrogen-bond acceptors (Lipinski definition) is 4. The van der Waals surface area contributed by atoms with Gasteiger partial charge in [-0.15, -0.1) is 11.3 Å². The Morgan fingerprint density at radius 1 is 1.14 bits per heavy atom. The fourth-order valence-corrected chi connectivity index (χ4v) is 4.76. The minimum atomic E-state index is 0.705. The van der Waals surface area contributed by atoms with Crippen molar-refractivity contribution in [1.29, 1.82) is 0 Å². The SMILES string of the molecule is CCc1cnc(CNC(=NC)NCc2ccccc2CN(C)C2CCCCC2)s1. The van der Waals surface area contributed by atoms with E-state index in [9.17, 15) is 0 Å². The van der Waals surface area contributed by atoms with E-state index in [0.29, 0.717) is 6.54 Å². The highest BCUT2D eigenvalue weighted by atomic mass is 32.1. The molecule has 29 heavy (non-hydrogen) atoms. The molecule has 0 aliphatic heterocycles. The monoisotopic (exact) mass is 413 g/mol. The zero-order chi connectivity index (χ0) is 20.5. The van der Waals surface area contributed by atoms with Crippen molar-refractivity contribution < 1.29 is 0 Å². The lowest BCUT2D eigenvalue weighted by Gasteiger charge is -2.31. The number of rotatable bonds is 8. The van der Waals surface area contributed by atoms with E-state index < -0.39 is 0 Å². The van der Waals surface area contributed by atoms with Crippen LogP contribution in [0.3, 0.4) is 0 Å². The summed E-state index contributed by atoms with van der Waals surface area (Å²) in [6.45, 7) is 4.64. The Labute approximate surface area is 179 Å². The van der Waals surface area contributed by atoms with Gasteiger partial charge < -0.3 is 10.6 Å². The Bertz CT molecular complexity index is 779. The molecular weight excluding hydrogens is 378 g/mol. The van der Waals surface area contributed by atoms with Crippen molar-refractivity contribution in [2.24, 2.45) is 4.99 Å². The molecule has 0 unspecified atom stereocenters. The fraction of sp³-hybridized carbons (Fsp3) is 0.565. The lowest BCUT2D eigenvalue weighted by atomic mass is 9.94. The maximum Gasteiger partial charge on any atom is 0.191 e. The van der Waals surface area contributed by atoms with Crippen molar-refractivity contribution in [1.82, 2.24) is 20.5 Å². The van der Waals surface area contributed by atoms with Gasteiger partial charge in [-0.25, -0.2) is 4.98 Å². The van der Waals surface area contributed by atoms with Crippen LogP contribution in [0.25, 0.3) is 0 Å². The van der Waals surface area contributed by atoms with Gasteiger partial charge in [-0.1, -0.05) is 50.5 Å². The lowest BCUT2D eigenvalue weighted by molar-refractivity contribution is 0.184. The van der Waals surface area contributed by atoms with Gasteiger partial charge in [0.15, 0.2) is 5.96 Å². The minimum absolute atomic E-state index is 0.705. The van der Waals surface area contributed by atoms with Crippen LogP contribution in [0.4, 0.5) is 0 Å². The third-order valence-electron chi connectivity index (χ3n) is 5.76. The van der Waals surface area contributed by atoms with E-state index in [2.05, 4.69) is 63.7 Å². The minimum Gasteiger partial charge on any atom is -0.352 e.